The van der Waals surface area contributed by atoms with Crippen molar-refractivity contribution in [2.45, 2.75) is 12.8 Å². The highest BCUT2D eigenvalue weighted by atomic mass is 33.1. The lowest BCUT2D eigenvalue weighted by Crippen LogP contribution is -1.97. The lowest BCUT2D eigenvalue weighted by atomic mass is 10.3. The second-order valence-electron chi connectivity index (χ2n) is 1.41. The van der Waals surface area contributed by atoms with Crippen LogP contribution in [0.1, 0.15) is 12.8 Å². The third kappa shape index (κ3) is 5.72. The van der Waals surface area contributed by atoms with Gasteiger partial charge in [-0.05, 0) is 10.8 Å². The molecule has 0 radical (unpaired) electrons. The van der Waals surface area contributed by atoms with E-state index in [0.29, 0.717) is 5.04 Å². The normalized spacial score (nSPS) is 9.00. The van der Waals surface area contributed by atoms with E-state index in [1.165, 1.54) is 0 Å². The van der Waals surface area contributed by atoms with Crippen LogP contribution in [0.2, 0.25) is 0 Å². The summed E-state index contributed by atoms with van der Waals surface area (Å²) in [7, 11) is 0.981. The average Bonchev–Trinajstić information content (AvgIpc) is 1.83. The Labute approximate surface area is 62.2 Å². The molecular weight excluding hydrogens is 158 g/mol. The van der Waals surface area contributed by atoms with Crippen LogP contribution >= 0.6 is 22.5 Å². The monoisotopic (exact) mass is 165 g/mol. The number of carbonyl (C=O) groups is 1. The van der Waals surface area contributed by atoms with Gasteiger partial charge in [-0.3, -0.25) is 10.2 Å². The maximum Gasteiger partial charge on any atom is 0.303 e. The van der Waals surface area contributed by atoms with Crippen LogP contribution in [0.15, 0.2) is 0 Å². The van der Waals surface area contributed by atoms with E-state index < -0.39 is 5.97 Å². The third-order valence-corrected chi connectivity index (χ3v) is 1.76. The van der Waals surface area contributed by atoms with E-state index in [1.54, 1.807) is 0 Å². The molecule has 0 heterocycles. The highest BCUT2D eigenvalue weighted by Crippen LogP contribution is 2.10. The molecule has 0 spiro atoms. The molecular formula is C4H7NO2S2. The van der Waals surface area contributed by atoms with E-state index in [0.717, 1.165) is 10.8 Å². The van der Waals surface area contributed by atoms with Crippen molar-refractivity contribution in [1.82, 2.24) is 0 Å². The molecule has 5 heteroatoms. The second kappa shape index (κ2) is 4.69. The number of thiol groups is 1. The van der Waals surface area contributed by atoms with Crippen molar-refractivity contribution in [3.05, 3.63) is 0 Å². The molecule has 2 N–H and O–H groups in total. The van der Waals surface area contributed by atoms with Gasteiger partial charge in [0.25, 0.3) is 0 Å². The van der Waals surface area contributed by atoms with Gasteiger partial charge in [0.05, 0.1) is 11.5 Å². The predicted molar refractivity (Wildman–Crippen MR) is 41.2 cm³/mol. The molecule has 52 valence electrons. The van der Waals surface area contributed by atoms with Crippen molar-refractivity contribution in [2.24, 2.45) is 0 Å². The molecule has 0 bridgehead atoms. The van der Waals surface area contributed by atoms with E-state index >= 15 is 0 Å². The molecule has 0 saturated heterocycles. The lowest BCUT2D eigenvalue weighted by molar-refractivity contribution is -0.136. The number of hydrogen-bond acceptors (Lipinski definition) is 4. The fourth-order valence-electron chi connectivity index (χ4n) is 0.266. The largest absolute Gasteiger partial charge is 0.481 e. The topological polar surface area (TPSA) is 61.2 Å². The predicted octanol–water partition coefficient (Wildman–Crippen LogP) is 1.41. The highest BCUT2D eigenvalue weighted by Gasteiger charge is 1.99. The van der Waals surface area contributed by atoms with Gasteiger partial charge >= 0.3 is 5.97 Å². The van der Waals surface area contributed by atoms with E-state index in [2.05, 4.69) is 11.7 Å². The minimum atomic E-state index is -0.873. The van der Waals surface area contributed by atoms with Gasteiger partial charge in [0.1, 0.15) is 0 Å². The van der Waals surface area contributed by atoms with Gasteiger partial charge in [0.2, 0.25) is 0 Å². The van der Waals surface area contributed by atoms with Crippen LogP contribution in [0.5, 0.6) is 0 Å². The number of carboxylic acid groups (broad SMARTS) is 1. The zero-order valence-corrected chi connectivity index (χ0v) is 6.34. The van der Waals surface area contributed by atoms with Gasteiger partial charge in [-0.1, -0.05) is 0 Å². The summed E-state index contributed by atoms with van der Waals surface area (Å²) in [6, 6.07) is 0. The highest BCUT2D eigenvalue weighted by molar-refractivity contribution is 8.74. The molecule has 0 rings (SSSR count). The van der Waals surface area contributed by atoms with Gasteiger partial charge < -0.3 is 5.11 Å². The molecule has 0 amide bonds. The summed E-state index contributed by atoms with van der Waals surface area (Å²) >= 11 is 3.72. The molecule has 3 nitrogen and oxygen atoms in total. The fraction of sp³-hybridized carbons (Fsp3) is 0.500. The van der Waals surface area contributed by atoms with Gasteiger partial charge in [-0.2, -0.15) is 0 Å². The van der Waals surface area contributed by atoms with Crippen LogP contribution in [0.4, 0.5) is 0 Å². The van der Waals surface area contributed by atoms with Crippen LogP contribution in [0.3, 0.4) is 0 Å². The van der Waals surface area contributed by atoms with Crippen molar-refractivity contribution in [2.75, 3.05) is 0 Å². The molecule has 0 aromatic carbocycles. The summed E-state index contributed by atoms with van der Waals surface area (Å²) < 4.78 is 0. The smallest absolute Gasteiger partial charge is 0.303 e. The first-order chi connectivity index (χ1) is 4.16. The fourth-order valence-corrected chi connectivity index (χ4v) is 0.733. The minimum absolute atomic E-state index is 0.0202. The average molecular weight is 165 g/mol. The molecule has 0 unspecified atom stereocenters. The van der Waals surface area contributed by atoms with Gasteiger partial charge in [-0.25, -0.2) is 0 Å². The van der Waals surface area contributed by atoms with Crippen LogP contribution < -0.4 is 0 Å². The Morgan fingerprint density at radius 2 is 2.22 bits per heavy atom. The Hall–Kier alpha value is -0.160. The summed E-state index contributed by atoms with van der Waals surface area (Å²) in [5.41, 5.74) is 0. The van der Waals surface area contributed by atoms with Crippen LogP contribution in [0, 0.1) is 5.41 Å². The molecule has 0 aromatic heterocycles. The molecule has 0 aliphatic rings. The molecule has 0 saturated carbocycles. The van der Waals surface area contributed by atoms with Crippen molar-refractivity contribution < 1.29 is 9.90 Å². The van der Waals surface area contributed by atoms with E-state index in [-0.39, 0.29) is 12.8 Å². The van der Waals surface area contributed by atoms with E-state index in [4.69, 9.17) is 10.5 Å². The Morgan fingerprint density at radius 3 is 2.56 bits per heavy atom. The summed E-state index contributed by atoms with van der Waals surface area (Å²) in [6.07, 6.45) is 0.301. The first-order valence-corrected chi connectivity index (χ1v) is 4.14. The van der Waals surface area contributed by atoms with Crippen LogP contribution in [-0.2, 0) is 4.79 Å². The number of rotatable bonds is 3. The standard InChI is InChI=1S/C4H7NO2S2/c5-3(9-8)1-2-4(6)7/h5,8H,1-2H2,(H,6,7). The van der Waals surface area contributed by atoms with Crippen molar-refractivity contribution in [3.8, 4) is 0 Å². The molecule has 0 aromatic rings. The minimum Gasteiger partial charge on any atom is -0.481 e. The molecule has 0 aliphatic carbocycles. The second-order valence-corrected chi connectivity index (χ2v) is 2.63. The zero-order chi connectivity index (χ0) is 7.28. The first-order valence-electron chi connectivity index (χ1n) is 2.27. The summed E-state index contributed by atoms with van der Waals surface area (Å²) in [5, 5.41) is 15.4. The third-order valence-electron chi connectivity index (χ3n) is 0.676. The quantitative estimate of drug-likeness (QED) is 0.256. The maximum absolute atomic E-state index is 9.89. The summed E-state index contributed by atoms with van der Waals surface area (Å²) in [6.45, 7) is 0. The van der Waals surface area contributed by atoms with Crippen molar-refractivity contribution in [1.29, 1.82) is 5.41 Å². The van der Waals surface area contributed by atoms with Crippen LogP contribution in [-0.4, -0.2) is 16.1 Å². The molecule has 9 heavy (non-hydrogen) atoms. The van der Waals surface area contributed by atoms with E-state index in [9.17, 15) is 4.79 Å². The number of carboxylic acids is 1. The first kappa shape index (κ1) is 8.84. The van der Waals surface area contributed by atoms with Crippen LogP contribution in [0.25, 0.3) is 0 Å². The van der Waals surface area contributed by atoms with Crippen molar-refractivity contribution >= 4 is 33.5 Å². The SMILES string of the molecule is N=C(CCC(=O)O)SS. The Morgan fingerprint density at radius 1 is 1.67 bits per heavy atom. The Kier molecular flexibility index (Phi) is 4.61. The number of aliphatic carboxylic acids is 1. The van der Waals surface area contributed by atoms with Crippen molar-refractivity contribution in [3.63, 3.8) is 0 Å². The molecule has 0 atom stereocenters. The summed E-state index contributed by atoms with van der Waals surface area (Å²) in [4.78, 5) is 9.89. The van der Waals surface area contributed by atoms with Gasteiger partial charge in [0.15, 0.2) is 0 Å². The van der Waals surface area contributed by atoms with Gasteiger partial charge in [0, 0.05) is 6.42 Å². The number of hydrogen-bond donors (Lipinski definition) is 3. The van der Waals surface area contributed by atoms with E-state index in [1.807, 2.05) is 0 Å². The summed E-state index contributed by atoms with van der Waals surface area (Å²) in [5.74, 6) is -0.873. The Bertz CT molecular complexity index is 126. The molecule has 0 aliphatic heterocycles. The zero-order valence-electron chi connectivity index (χ0n) is 4.63. The maximum atomic E-state index is 9.89. The lowest BCUT2D eigenvalue weighted by Gasteiger charge is -1.92. The number of nitrogens with one attached hydrogen (secondary N) is 1. The molecule has 0 fully saturated rings. The Balaban J connectivity index is 3.28. The van der Waals surface area contributed by atoms with Gasteiger partial charge in [-0.15, -0.1) is 11.7 Å².